The largest absolute Gasteiger partial charge is 0.459 e. The maximum atomic E-state index is 14.1. The summed E-state index contributed by atoms with van der Waals surface area (Å²) in [5, 5.41) is 4.91. The molecule has 6 nitrogen and oxygen atoms in total. The molecule has 0 bridgehead atoms. The Morgan fingerprint density at radius 1 is 1.52 bits per heavy atom. The number of sulfonamides is 1. The van der Waals surface area contributed by atoms with Gasteiger partial charge in [-0.15, -0.1) is 0 Å². The van der Waals surface area contributed by atoms with E-state index >= 15 is 0 Å². The third-order valence-electron chi connectivity index (χ3n) is 2.95. The summed E-state index contributed by atoms with van der Waals surface area (Å²) in [5.41, 5.74) is -0.494. The zero-order chi connectivity index (χ0) is 15.6. The molecule has 1 saturated heterocycles. The van der Waals surface area contributed by atoms with Crippen molar-refractivity contribution in [2.45, 2.75) is 23.8 Å². The van der Waals surface area contributed by atoms with Gasteiger partial charge in [-0.25, -0.2) is 22.7 Å². The SMILES string of the molecule is NS(=O)(=O)c1cc(Br)cc(C(=O)OCC2CCCO2)c1F. The van der Waals surface area contributed by atoms with Crippen LogP contribution in [0.2, 0.25) is 0 Å². The highest BCUT2D eigenvalue weighted by molar-refractivity contribution is 9.10. The van der Waals surface area contributed by atoms with Crippen LogP contribution in [-0.4, -0.2) is 33.7 Å². The van der Waals surface area contributed by atoms with Gasteiger partial charge in [0, 0.05) is 11.1 Å². The van der Waals surface area contributed by atoms with Gasteiger partial charge in [-0.05, 0) is 25.0 Å². The quantitative estimate of drug-likeness (QED) is 0.798. The lowest BCUT2D eigenvalue weighted by atomic mass is 10.2. The van der Waals surface area contributed by atoms with Gasteiger partial charge in [-0.2, -0.15) is 0 Å². The highest BCUT2D eigenvalue weighted by Crippen LogP contribution is 2.24. The molecular formula is C12H13BrFNO5S. The molecule has 0 spiro atoms. The van der Waals surface area contributed by atoms with Crippen molar-refractivity contribution in [3.63, 3.8) is 0 Å². The Kier molecular flexibility index (Phi) is 4.97. The minimum absolute atomic E-state index is 0.00447. The number of rotatable bonds is 4. The summed E-state index contributed by atoms with van der Waals surface area (Å²) in [7, 11) is -4.28. The predicted molar refractivity (Wildman–Crippen MR) is 74.7 cm³/mol. The molecule has 1 unspecified atom stereocenters. The minimum atomic E-state index is -4.28. The smallest absolute Gasteiger partial charge is 0.341 e. The van der Waals surface area contributed by atoms with E-state index in [0.717, 1.165) is 25.0 Å². The van der Waals surface area contributed by atoms with Crippen LogP contribution < -0.4 is 5.14 Å². The Balaban J connectivity index is 2.22. The van der Waals surface area contributed by atoms with Crippen molar-refractivity contribution in [3.05, 3.63) is 28.0 Å². The van der Waals surface area contributed by atoms with E-state index in [1.54, 1.807) is 0 Å². The van der Waals surface area contributed by atoms with Crippen LogP contribution >= 0.6 is 15.9 Å². The number of ether oxygens (including phenoxy) is 2. The fraction of sp³-hybridized carbons (Fsp3) is 0.417. The topological polar surface area (TPSA) is 95.7 Å². The first kappa shape index (κ1) is 16.3. The zero-order valence-electron chi connectivity index (χ0n) is 10.8. The van der Waals surface area contributed by atoms with Crippen molar-refractivity contribution < 1.29 is 27.1 Å². The molecule has 21 heavy (non-hydrogen) atoms. The molecular weight excluding hydrogens is 369 g/mol. The highest BCUT2D eigenvalue weighted by Gasteiger charge is 2.25. The van der Waals surface area contributed by atoms with Crippen molar-refractivity contribution in [1.82, 2.24) is 0 Å². The molecule has 0 amide bonds. The van der Waals surface area contributed by atoms with Crippen LogP contribution in [0.1, 0.15) is 23.2 Å². The van der Waals surface area contributed by atoms with Crippen LogP contribution in [0.25, 0.3) is 0 Å². The number of carbonyl (C=O) groups is 1. The van der Waals surface area contributed by atoms with Crippen molar-refractivity contribution in [2.24, 2.45) is 5.14 Å². The summed E-state index contributed by atoms with van der Waals surface area (Å²) in [4.78, 5) is 11.1. The number of benzene rings is 1. The van der Waals surface area contributed by atoms with E-state index in [-0.39, 0.29) is 17.2 Å². The van der Waals surface area contributed by atoms with Crippen molar-refractivity contribution in [1.29, 1.82) is 0 Å². The Morgan fingerprint density at radius 2 is 2.24 bits per heavy atom. The standard InChI is InChI=1S/C12H13BrFNO5S/c13-7-4-9(11(14)10(5-7)21(15,17)18)12(16)20-6-8-2-1-3-19-8/h4-5,8H,1-3,6H2,(H2,15,17,18). The van der Waals surface area contributed by atoms with E-state index in [9.17, 15) is 17.6 Å². The molecule has 0 saturated carbocycles. The highest BCUT2D eigenvalue weighted by atomic mass is 79.9. The maximum absolute atomic E-state index is 14.1. The number of esters is 1. The summed E-state index contributed by atoms with van der Waals surface area (Å²) in [6.45, 7) is 0.596. The molecule has 0 radical (unpaired) electrons. The molecule has 1 atom stereocenters. The van der Waals surface area contributed by atoms with E-state index in [0.29, 0.717) is 6.61 Å². The molecule has 1 aliphatic heterocycles. The maximum Gasteiger partial charge on any atom is 0.341 e. The van der Waals surface area contributed by atoms with Gasteiger partial charge in [-0.1, -0.05) is 15.9 Å². The fourth-order valence-electron chi connectivity index (χ4n) is 1.94. The van der Waals surface area contributed by atoms with Gasteiger partial charge >= 0.3 is 5.97 Å². The third kappa shape index (κ3) is 4.00. The predicted octanol–water partition coefficient (Wildman–Crippen LogP) is 1.57. The number of carbonyl (C=O) groups excluding carboxylic acids is 1. The lowest BCUT2D eigenvalue weighted by Crippen LogP contribution is -2.20. The number of hydrogen-bond donors (Lipinski definition) is 1. The van der Waals surface area contributed by atoms with Crippen LogP contribution in [0.4, 0.5) is 4.39 Å². The van der Waals surface area contributed by atoms with Crippen LogP contribution in [-0.2, 0) is 19.5 Å². The number of nitrogens with two attached hydrogens (primary N) is 1. The van der Waals surface area contributed by atoms with E-state index in [1.165, 1.54) is 0 Å². The summed E-state index contributed by atoms with van der Waals surface area (Å²) < 4.78 is 47.1. The average Bonchev–Trinajstić information content (AvgIpc) is 2.90. The first-order valence-electron chi connectivity index (χ1n) is 6.09. The molecule has 1 fully saturated rings. The second-order valence-electron chi connectivity index (χ2n) is 4.54. The Morgan fingerprint density at radius 3 is 2.81 bits per heavy atom. The summed E-state index contributed by atoms with van der Waals surface area (Å²) >= 11 is 3.01. The van der Waals surface area contributed by atoms with Crippen LogP contribution in [0, 0.1) is 5.82 Å². The summed E-state index contributed by atoms with van der Waals surface area (Å²) in [6.07, 6.45) is 1.43. The average molecular weight is 382 g/mol. The van der Waals surface area contributed by atoms with E-state index < -0.39 is 32.3 Å². The third-order valence-corrected chi connectivity index (χ3v) is 4.32. The second-order valence-corrected chi connectivity index (χ2v) is 6.99. The lowest BCUT2D eigenvalue weighted by Gasteiger charge is -2.12. The number of halogens is 2. The molecule has 1 heterocycles. The van der Waals surface area contributed by atoms with Gasteiger partial charge in [0.25, 0.3) is 0 Å². The first-order valence-corrected chi connectivity index (χ1v) is 8.43. The Hall–Kier alpha value is -1.03. The second kappa shape index (κ2) is 6.39. The van der Waals surface area contributed by atoms with Gasteiger partial charge in [0.1, 0.15) is 11.5 Å². The lowest BCUT2D eigenvalue weighted by molar-refractivity contribution is 0.0157. The van der Waals surface area contributed by atoms with Gasteiger partial charge in [-0.3, -0.25) is 0 Å². The van der Waals surface area contributed by atoms with Crippen molar-refractivity contribution in [3.8, 4) is 0 Å². The molecule has 2 rings (SSSR count). The summed E-state index contributed by atoms with van der Waals surface area (Å²) in [6, 6.07) is 2.13. The van der Waals surface area contributed by atoms with E-state index in [4.69, 9.17) is 14.6 Å². The Bertz CT molecular complexity index is 658. The molecule has 116 valence electrons. The zero-order valence-corrected chi connectivity index (χ0v) is 13.2. The molecule has 1 aromatic rings. The van der Waals surface area contributed by atoms with Crippen LogP contribution in [0.5, 0.6) is 0 Å². The van der Waals surface area contributed by atoms with E-state index in [2.05, 4.69) is 15.9 Å². The molecule has 2 N–H and O–H groups in total. The molecule has 1 aliphatic rings. The minimum Gasteiger partial charge on any atom is -0.459 e. The molecule has 0 aliphatic carbocycles. The van der Waals surface area contributed by atoms with Gasteiger partial charge in [0.05, 0.1) is 11.7 Å². The number of primary sulfonamides is 1. The molecule has 1 aromatic carbocycles. The number of hydrogen-bond acceptors (Lipinski definition) is 5. The normalized spacial score (nSPS) is 18.7. The fourth-order valence-corrected chi connectivity index (χ4v) is 3.20. The molecule has 9 heteroatoms. The Labute approximate surface area is 129 Å². The summed E-state index contributed by atoms with van der Waals surface area (Å²) in [5.74, 6) is -2.19. The van der Waals surface area contributed by atoms with Crippen molar-refractivity contribution in [2.75, 3.05) is 13.2 Å². The van der Waals surface area contributed by atoms with Gasteiger partial charge in [0.2, 0.25) is 10.0 Å². The van der Waals surface area contributed by atoms with Gasteiger partial charge in [0.15, 0.2) is 5.82 Å². The monoisotopic (exact) mass is 381 g/mol. The van der Waals surface area contributed by atoms with Crippen molar-refractivity contribution >= 4 is 31.9 Å². The van der Waals surface area contributed by atoms with Crippen LogP contribution in [0.3, 0.4) is 0 Å². The van der Waals surface area contributed by atoms with E-state index in [1.807, 2.05) is 0 Å². The van der Waals surface area contributed by atoms with Gasteiger partial charge < -0.3 is 9.47 Å². The first-order chi connectivity index (χ1) is 9.79. The van der Waals surface area contributed by atoms with Crippen LogP contribution in [0.15, 0.2) is 21.5 Å². The molecule has 0 aromatic heterocycles.